The first-order valence-electron chi connectivity index (χ1n) is 7.09. The van der Waals surface area contributed by atoms with Gasteiger partial charge in [0.1, 0.15) is 4.90 Å². The molecule has 0 saturated carbocycles. The van der Waals surface area contributed by atoms with Gasteiger partial charge in [-0.05, 0) is 18.2 Å². The smallest absolute Gasteiger partial charge is 0.244 e. The Morgan fingerprint density at radius 1 is 1.17 bits per heavy atom. The highest BCUT2D eigenvalue weighted by atomic mass is 35.5. The van der Waals surface area contributed by atoms with Gasteiger partial charge >= 0.3 is 0 Å². The van der Waals surface area contributed by atoms with Crippen LogP contribution >= 0.6 is 23.2 Å². The maximum absolute atomic E-state index is 12.7. The van der Waals surface area contributed by atoms with E-state index in [1.165, 1.54) is 21.3 Å². The van der Waals surface area contributed by atoms with Crippen LogP contribution < -0.4 is 0 Å². The van der Waals surface area contributed by atoms with Crippen molar-refractivity contribution in [2.45, 2.75) is 4.90 Å². The topological polar surface area (TPSA) is 60.9 Å². The Kier molecular flexibility index (Phi) is 5.91. The average Bonchev–Trinajstić information content (AvgIpc) is 2.50. The fraction of sp³-hybridized carbons (Fsp3) is 0.500. The van der Waals surface area contributed by atoms with Gasteiger partial charge in [0.05, 0.1) is 11.6 Å². The highest BCUT2D eigenvalue weighted by molar-refractivity contribution is 7.89. The van der Waals surface area contributed by atoms with Crippen molar-refractivity contribution in [1.82, 2.24) is 14.1 Å². The minimum atomic E-state index is -3.69. The van der Waals surface area contributed by atoms with Gasteiger partial charge in [0.25, 0.3) is 0 Å². The monoisotopic (exact) mass is 379 g/mol. The third kappa shape index (κ3) is 4.36. The van der Waals surface area contributed by atoms with E-state index < -0.39 is 10.0 Å². The van der Waals surface area contributed by atoms with Gasteiger partial charge in [-0.1, -0.05) is 23.2 Å². The Hall–Kier alpha value is -0.860. The minimum absolute atomic E-state index is 0.000747. The van der Waals surface area contributed by atoms with Gasteiger partial charge in [-0.3, -0.25) is 9.69 Å². The molecule has 1 fully saturated rings. The number of rotatable bonds is 4. The van der Waals surface area contributed by atoms with Crippen LogP contribution in [-0.2, 0) is 14.8 Å². The molecule has 2 rings (SSSR count). The SMILES string of the molecule is CN(C)C(=O)CN1CCN(S(=O)(=O)c2cc(Cl)ccc2Cl)CC1. The molecule has 9 heteroatoms. The number of amides is 1. The molecule has 1 aliphatic rings. The first kappa shape index (κ1) is 18.5. The van der Waals surface area contributed by atoms with Crippen LogP contribution in [0.4, 0.5) is 0 Å². The van der Waals surface area contributed by atoms with Crippen LogP contribution in [0.1, 0.15) is 0 Å². The fourth-order valence-electron chi connectivity index (χ4n) is 2.27. The number of hydrogen-bond acceptors (Lipinski definition) is 4. The molecule has 128 valence electrons. The normalized spacial score (nSPS) is 17.2. The quantitative estimate of drug-likeness (QED) is 0.792. The maximum Gasteiger partial charge on any atom is 0.244 e. The minimum Gasteiger partial charge on any atom is -0.348 e. The van der Waals surface area contributed by atoms with Crippen LogP contribution in [0.2, 0.25) is 10.0 Å². The zero-order valence-corrected chi connectivity index (χ0v) is 15.3. The summed E-state index contributed by atoms with van der Waals surface area (Å²) < 4.78 is 26.7. The molecule has 0 N–H and O–H groups in total. The van der Waals surface area contributed by atoms with Gasteiger partial charge < -0.3 is 4.90 Å². The summed E-state index contributed by atoms with van der Waals surface area (Å²) in [4.78, 5) is 15.2. The zero-order chi connectivity index (χ0) is 17.2. The lowest BCUT2D eigenvalue weighted by Crippen LogP contribution is -2.50. The van der Waals surface area contributed by atoms with Crippen LogP contribution in [0.5, 0.6) is 0 Å². The summed E-state index contributed by atoms with van der Waals surface area (Å²) in [5.41, 5.74) is 0. The summed E-state index contributed by atoms with van der Waals surface area (Å²) in [6.45, 7) is 1.91. The Bertz CT molecular complexity index is 687. The summed E-state index contributed by atoms with van der Waals surface area (Å²) in [5, 5.41) is 0.475. The molecule has 1 amide bonds. The van der Waals surface area contributed by atoms with E-state index in [-0.39, 0.29) is 15.8 Å². The molecule has 1 heterocycles. The van der Waals surface area contributed by atoms with E-state index in [0.29, 0.717) is 37.7 Å². The van der Waals surface area contributed by atoms with Crippen molar-refractivity contribution in [1.29, 1.82) is 0 Å². The second-order valence-electron chi connectivity index (χ2n) is 5.54. The second kappa shape index (κ2) is 7.36. The average molecular weight is 380 g/mol. The van der Waals surface area contributed by atoms with Crippen molar-refractivity contribution in [3.8, 4) is 0 Å². The molecule has 0 radical (unpaired) electrons. The fourth-order valence-corrected chi connectivity index (χ4v) is 4.43. The highest BCUT2D eigenvalue weighted by Gasteiger charge is 2.30. The van der Waals surface area contributed by atoms with E-state index in [2.05, 4.69) is 0 Å². The van der Waals surface area contributed by atoms with E-state index in [9.17, 15) is 13.2 Å². The zero-order valence-electron chi connectivity index (χ0n) is 13.0. The molecule has 1 aromatic rings. The Labute approximate surface area is 146 Å². The molecular weight excluding hydrogens is 361 g/mol. The Morgan fingerprint density at radius 3 is 2.35 bits per heavy atom. The molecule has 0 aliphatic carbocycles. The van der Waals surface area contributed by atoms with Crippen LogP contribution in [0.3, 0.4) is 0 Å². The number of hydrogen-bond donors (Lipinski definition) is 0. The molecule has 0 aromatic heterocycles. The van der Waals surface area contributed by atoms with Gasteiger partial charge in [-0.2, -0.15) is 4.31 Å². The summed E-state index contributed by atoms with van der Waals surface area (Å²) in [6, 6.07) is 4.39. The summed E-state index contributed by atoms with van der Waals surface area (Å²) in [7, 11) is -0.291. The van der Waals surface area contributed by atoms with Gasteiger partial charge in [0.15, 0.2) is 0 Å². The van der Waals surface area contributed by atoms with Crippen LogP contribution in [-0.4, -0.2) is 75.2 Å². The molecule has 1 saturated heterocycles. The number of carbonyl (C=O) groups excluding carboxylic acids is 1. The lowest BCUT2D eigenvalue weighted by molar-refractivity contribution is -0.130. The third-order valence-corrected chi connectivity index (χ3v) is 6.32. The standard InChI is InChI=1S/C14H19Cl2N3O3S/c1-17(2)14(20)10-18-5-7-19(8-6-18)23(21,22)13-9-11(15)3-4-12(13)16/h3-4,9H,5-8,10H2,1-2H3. The molecule has 6 nitrogen and oxygen atoms in total. The van der Waals surface area contributed by atoms with E-state index >= 15 is 0 Å². The van der Waals surface area contributed by atoms with E-state index in [0.717, 1.165) is 0 Å². The number of likely N-dealkylation sites (N-methyl/N-ethyl adjacent to an activating group) is 1. The largest absolute Gasteiger partial charge is 0.348 e. The van der Waals surface area contributed by atoms with Gasteiger partial charge in [0.2, 0.25) is 15.9 Å². The first-order valence-corrected chi connectivity index (χ1v) is 9.29. The first-order chi connectivity index (χ1) is 10.7. The molecule has 23 heavy (non-hydrogen) atoms. The summed E-state index contributed by atoms with van der Waals surface area (Å²) in [6.07, 6.45) is 0. The number of benzene rings is 1. The molecule has 1 aromatic carbocycles. The van der Waals surface area contributed by atoms with E-state index in [1.54, 1.807) is 20.2 Å². The Balaban J connectivity index is 2.07. The maximum atomic E-state index is 12.7. The second-order valence-corrected chi connectivity index (χ2v) is 8.29. The summed E-state index contributed by atoms with van der Waals surface area (Å²) >= 11 is 11.9. The van der Waals surface area contributed by atoms with Crippen LogP contribution in [0.25, 0.3) is 0 Å². The number of sulfonamides is 1. The van der Waals surface area contributed by atoms with Crippen LogP contribution in [0.15, 0.2) is 23.1 Å². The van der Waals surface area contributed by atoms with Gasteiger partial charge in [-0.25, -0.2) is 8.42 Å². The molecule has 0 spiro atoms. The molecular formula is C14H19Cl2N3O3S. The van der Waals surface area contributed by atoms with E-state index in [4.69, 9.17) is 23.2 Å². The van der Waals surface area contributed by atoms with Crippen molar-refractivity contribution in [2.24, 2.45) is 0 Å². The number of halogens is 2. The predicted molar refractivity (Wildman–Crippen MR) is 90.4 cm³/mol. The summed E-state index contributed by atoms with van der Waals surface area (Å²) in [5.74, 6) is -0.000747. The van der Waals surface area contributed by atoms with Crippen molar-refractivity contribution >= 4 is 39.1 Å². The van der Waals surface area contributed by atoms with Gasteiger partial charge in [0, 0.05) is 45.3 Å². The lowest BCUT2D eigenvalue weighted by Gasteiger charge is -2.34. The Morgan fingerprint density at radius 2 is 1.78 bits per heavy atom. The van der Waals surface area contributed by atoms with Crippen molar-refractivity contribution < 1.29 is 13.2 Å². The molecule has 0 bridgehead atoms. The van der Waals surface area contributed by atoms with Crippen molar-refractivity contribution in [2.75, 3.05) is 46.8 Å². The number of piperazine rings is 1. The number of nitrogens with zero attached hydrogens (tertiary/aromatic N) is 3. The van der Waals surface area contributed by atoms with Gasteiger partial charge in [-0.15, -0.1) is 0 Å². The predicted octanol–water partition coefficient (Wildman–Crippen LogP) is 1.39. The third-order valence-electron chi connectivity index (χ3n) is 3.70. The molecule has 0 atom stereocenters. The van der Waals surface area contributed by atoms with E-state index in [1.807, 2.05) is 4.90 Å². The van der Waals surface area contributed by atoms with Crippen molar-refractivity contribution in [3.63, 3.8) is 0 Å². The molecule has 0 unspecified atom stereocenters. The van der Waals surface area contributed by atoms with Crippen LogP contribution in [0, 0.1) is 0 Å². The number of carbonyl (C=O) groups is 1. The molecule has 1 aliphatic heterocycles. The van der Waals surface area contributed by atoms with Crippen molar-refractivity contribution in [3.05, 3.63) is 28.2 Å². The lowest BCUT2D eigenvalue weighted by atomic mass is 10.3. The highest BCUT2D eigenvalue weighted by Crippen LogP contribution is 2.28.